The molecule has 1 fully saturated rings. The molecule has 0 unspecified atom stereocenters. The number of aliphatic carboxylic acids is 1. The van der Waals surface area contributed by atoms with E-state index in [9.17, 15) is 67.7 Å². The van der Waals surface area contributed by atoms with E-state index < -0.39 is 152 Å². The van der Waals surface area contributed by atoms with Gasteiger partial charge < -0.3 is 80.4 Å². The molecule has 11 amide bonds. The van der Waals surface area contributed by atoms with Gasteiger partial charge in [0.2, 0.25) is 65.0 Å². The molecule has 27 heteroatoms. The van der Waals surface area contributed by atoms with Gasteiger partial charge in [-0.15, -0.1) is 0 Å². The Morgan fingerprint density at radius 2 is 1.15 bits per heavy atom. The summed E-state index contributed by atoms with van der Waals surface area (Å²) in [4.78, 5) is 148. The van der Waals surface area contributed by atoms with Gasteiger partial charge in [0.05, 0.1) is 26.2 Å². The van der Waals surface area contributed by atoms with Gasteiger partial charge in [0, 0.05) is 12.8 Å². The molecule has 0 aromatic carbocycles. The van der Waals surface area contributed by atoms with Crippen molar-refractivity contribution < 1.29 is 72.9 Å². The molecule has 1 aliphatic rings. The minimum Gasteiger partial charge on any atom is -0.480 e. The van der Waals surface area contributed by atoms with Crippen molar-refractivity contribution in [3.63, 3.8) is 0 Å². The van der Waals surface area contributed by atoms with Crippen LogP contribution in [0.25, 0.3) is 0 Å². The summed E-state index contributed by atoms with van der Waals surface area (Å²) in [5.41, 5.74) is 15.7. The molecule has 1 saturated heterocycles. The fourth-order valence-electron chi connectivity index (χ4n) is 5.36. The SMILES string of the molecule is C[C@@H](NC(=O)CNC(=O)[C@H](CCC(N)=O)NC(=O)[C@H](CO)NC(=O)[C@H](CCCCN)NC(=O)[C@@H](C)NC(=O)[C@@H]1CCC(=O)N1)C(=O)N[C@@H](CO)C(=O)N[C@@H](CC(N)=O)C(=O)O. The molecule has 0 aromatic rings. The second-order valence-electron chi connectivity index (χ2n) is 13.9. The molecule has 0 aromatic heterocycles. The summed E-state index contributed by atoms with van der Waals surface area (Å²) in [5.74, 6) is -11.6. The van der Waals surface area contributed by atoms with E-state index in [0.29, 0.717) is 12.8 Å². The number of carboxylic acids is 1. The van der Waals surface area contributed by atoms with E-state index in [1.165, 1.54) is 6.92 Å². The zero-order chi connectivity index (χ0) is 46.4. The summed E-state index contributed by atoms with van der Waals surface area (Å²) in [7, 11) is 0. The van der Waals surface area contributed by atoms with E-state index in [1.807, 2.05) is 5.32 Å². The summed E-state index contributed by atoms with van der Waals surface area (Å²) >= 11 is 0. The van der Waals surface area contributed by atoms with Crippen molar-refractivity contribution in [3.05, 3.63) is 0 Å². The number of nitrogens with two attached hydrogens (primary N) is 3. The Hall–Kier alpha value is -6.48. The van der Waals surface area contributed by atoms with Gasteiger partial charge in [-0.1, -0.05) is 0 Å². The van der Waals surface area contributed by atoms with Crippen LogP contribution in [0.2, 0.25) is 0 Å². The maximum Gasteiger partial charge on any atom is 0.326 e. The van der Waals surface area contributed by atoms with Gasteiger partial charge in [0.15, 0.2) is 0 Å². The molecule has 0 radical (unpaired) electrons. The minimum atomic E-state index is -1.77. The van der Waals surface area contributed by atoms with Crippen LogP contribution in [0.4, 0.5) is 0 Å². The van der Waals surface area contributed by atoms with Crippen molar-refractivity contribution in [3.8, 4) is 0 Å². The highest BCUT2D eigenvalue weighted by Crippen LogP contribution is 2.08. The fraction of sp³-hybridized carbons (Fsp3) is 0.647. The second kappa shape index (κ2) is 26.6. The lowest BCUT2D eigenvalue weighted by atomic mass is 10.1. The van der Waals surface area contributed by atoms with E-state index >= 15 is 0 Å². The first-order valence-corrected chi connectivity index (χ1v) is 19.0. The third kappa shape index (κ3) is 19.4. The lowest BCUT2D eigenvalue weighted by Gasteiger charge is -2.25. The largest absolute Gasteiger partial charge is 0.480 e. The Kier molecular flexibility index (Phi) is 22.9. The summed E-state index contributed by atoms with van der Waals surface area (Å²) in [6.07, 6.45) is -0.496. The highest BCUT2D eigenvalue weighted by molar-refractivity contribution is 5.98. The number of rotatable bonds is 28. The Labute approximate surface area is 348 Å². The number of hydrogen-bond acceptors (Lipinski definition) is 15. The molecule has 1 rings (SSSR count). The molecule has 27 nitrogen and oxygen atoms in total. The van der Waals surface area contributed by atoms with Crippen molar-refractivity contribution in [2.75, 3.05) is 26.3 Å². The predicted molar refractivity (Wildman–Crippen MR) is 206 cm³/mol. The van der Waals surface area contributed by atoms with Crippen LogP contribution in [-0.4, -0.2) is 161 Å². The van der Waals surface area contributed by atoms with Crippen LogP contribution in [0.1, 0.15) is 65.2 Å². The number of aliphatic hydroxyl groups excluding tert-OH is 2. The number of aliphatic hydroxyl groups is 2. The average molecular weight is 873 g/mol. The van der Waals surface area contributed by atoms with Crippen molar-refractivity contribution in [2.45, 2.75) is 114 Å². The topological polar surface area (TPSA) is 452 Å². The monoisotopic (exact) mass is 872 g/mol. The van der Waals surface area contributed by atoms with Gasteiger partial charge in [-0.25, -0.2) is 4.79 Å². The van der Waals surface area contributed by atoms with Crippen LogP contribution in [0.15, 0.2) is 0 Å². The molecule has 0 spiro atoms. The quantitative estimate of drug-likeness (QED) is 0.0325. The molecule has 8 atom stereocenters. The number of nitrogens with one attached hydrogen (secondary N) is 9. The van der Waals surface area contributed by atoms with Gasteiger partial charge in [0.25, 0.3) is 0 Å². The first-order chi connectivity index (χ1) is 28.6. The van der Waals surface area contributed by atoms with Crippen LogP contribution in [-0.2, 0) is 57.5 Å². The molecule has 61 heavy (non-hydrogen) atoms. The van der Waals surface area contributed by atoms with Crippen LogP contribution < -0.4 is 65.1 Å². The normalized spacial score (nSPS) is 16.6. The highest BCUT2D eigenvalue weighted by atomic mass is 16.4. The number of amides is 11. The van der Waals surface area contributed by atoms with Crippen molar-refractivity contribution in [1.82, 2.24) is 47.9 Å². The maximum absolute atomic E-state index is 13.3. The molecular weight excluding hydrogens is 816 g/mol. The number of hydrogen-bond donors (Lipinski definition) is 15. The minimum absolute atomic E-state index is 0.0167. The molecule has 0 bridgehead atoms. The van der Waals surface area contributed by atoms with E-state index in [1.54, 1.807) is 0 Å². The number of primary amides is 2. The van der Waals surface area contributed by atoms with Gasteiger partial charge >= 0.3 is 5.97 Å². The Bertz CT molecular complexity index is 1650. The van der Waals surface area contributed by atoms with Gasteiger partial charge in [-0.3, -0.25) is 52.7 Å². The van der Waals surface area contributed by atoms with E-state index in [-0.39, 0.29) is 31.7 Å². The molecule has 18 N–H and O–H groups in total. The average Bonchev–Trinajstić information content (AvgIpc) is 3.64. The van der Waals surface area contributed by atoms with E-state index in [4.69, 9.17) is 22.3 Å². The fourth-order valence-corrected chi connectivity index (χ4v) is 5.36. The van der Waals surface area contributed by atoms with Crippen LogP contribution >= 0.6 is 0 Å². The number of carbonyl (C=O) groups excluding carboxylic acids is 11. The lowest BCUT2D eigenvalue weighted by Crippen LogP contribution is -2.59. The standard InChI is InChI=1S/C34H56N12O15/c1-15(27(53)45-21(13-47)33(59)44-20(34(60)61)11-24(37)50)39-26(52)12-38-29(55)18(6-8-23(36)49)43-32(58)22(14-48)46-31(57)17(5-3-4-10-35)42-28(54)16(2)40-30(56)19-7-9-25(51)41-19/h15-22,47-48H,3-14,35H2,1-2H3,(H2,36,49)(H2,37,50)(H,38,55)(H,39,52)(H,40,56)(H,41,51)(H,42,54)(H,43,58)(H,44,59)(H,45,53)(H,46,57)(H,60,61)/t15-,16-,17+,18+,19+,20+,21+,22+/m1/s1. The van der Waals surface area contributed by atoms with Crippen LogP contribution in [0.5, 0.6) is 0 Å². The summed E-state index contributed by atoms with van der Waals surface area (Å²) in [5, 5.41) is 49.0. The van der Waals surface area contributed by atoms with E-state index in [0.717, 1.165) is 6.92 Å². The van der Waals surface area contributed by atoms with E-state index in [2.05, 4.69) is 42.5 Å². The van der Waals surface area contributed by atoms with Gasteiger partial charge in [-0.05, 0) is 52.5 Å². The maximum atomic E-state index is 13.3. The third-order valence-electron chi connectivity index (χ3n) is 8.80. The lowest BCUT2D eigenvalue weighted by molar-refractivity contribution is -0.144. The zero-order valence-electron chi connectivity index (χ0n) is 33.6. The van der Waals surface area contributed by atoms with Gasteiger partial charge in [0.1, 0.15) is 48.3 Å². The molecule has 342 valence electrons. The van der Waals surface area contributed by atoms with Gasteiger partial charge in [-0.2, -0.15) is 0 Å². The Morgan fingerprint density at radius 3 is 1.64 bits per heavy atom. The molecule has 1 heterocycles. The molecular formula is C34H56N12O15. The predicted octanol–water partition coefficient (Wildman–Crippen LogP) is -8.85. The number of unbranched alkanes of at least 4 members (excludes halogenated alkanes) is 1. The summed E-state index contributed by atoms with van der Waals surface area (Å²) in [6.45, 7) is -0.115. The summed E-state index contributed by atoms with van der Waals surface area (Å²) < 4.78 is 0. The number of carbonyl (C=O) groups is 12. The zero-order valence-corrected chi connectivity index (χ0v) is 33.6. The van der Waals surface area contributed by atoms with Crippen LogP contribution in [0, 0.1) is 0 Å². The third-order valence-corrected chi connectivity index (χ3v) is 8.80. The highest BCUT2D eigenvalue weighted by Gasteiger charge is 2.33. The molecule has 0 aliphatic carbocycles. The van der Waals surface area contributed by atoms with Crippen molar-refractivity contribution in [2.24, 2.45) is 17.2 Å². The second-order valence-corrected chi connectivity index (χ2v) is 13.9. The smallest absolute Gasteiger partial charge is 0.326 e. The number of carboxylic acid groups (broad SMARTS) is 1. The Morgan fingerprint density at radius 1 is 0.656 bits per heavy atom. The van der Waals surface area contributed by atoms with Crippen LogP contribution in [0.3, 0.4) is 0 Å². The summed E-state index contributed by atoms with van der Waals surface area (Å²) in [6, 6.07) is -11.5. The first kappa shape index (κ1) is 52.5. The molecule has 1 aliphatic heterocycles. The van der Waals surface area contributed by atoms with Crippen molar-refractivity contribution >= 4 is 70.9 Å². The molecule has 0 saturated carbocycles. The van der Waals surface area contributed by atoms with Crippen molar-refractivity contribution in [1.29, 1.82) is 0 Å². The Balaban J connectivity index is 2.91. The first-order valence-electron chi connectivity index (χ1n) is 19.0.